The fourth-order valence-electron chi connectivity index (χ4n) is 1.70. The van der Waals surface area contributed by atoms with Crippen LogP contribution in [0.2, 0.25) is 0 Å². The van der Waals surface area contributed by atoms with E-state index in [1.807, 2.05) is 20.8 Å². The summed E-state index contributed by atoms with van der Waals surface area (Å²) in [5.41, 5.74) is 0.749. The Bertz CT molecular complexity index is 713. The van der Waals surface area contributed by atoms with Crippen LogP contribution in [0.1, 0.15) is 56.6 Å². The topological polar surface area (TPSA) is 92.2 Å². The van der Waals surface area contributed by atoms with Crippen LogP contribution in [0.5, 0.6) is 0 Å². The maximum atomic E-state index is 12.1. The van der Waals surface area contributed by atoms with Gasteiger partial charge in [-0.1, -0.05) is 20.8 Å². The van der Waals surface area contributed by atoms with Gasteiger partial charge in [0.1, 0.15) is 15.6 Å². The van der Waals surface area contributed by atoms with Gasteiger partial charge in [0.2, 0.25) is 0 Å². The number of thiazole rings is 2. The number of hydrogen-bond donors (Lipinski definition) is 2. The van der Waals surface area contributed by atoms with Crippen molar-refractivity contribution in [3.8, 4) is 0 Å². The van der Waals surface area contributed by atoms with Crippen molar-refractivity contribution in [2.75, 3.05) is 0 Å². The second kappa shape index (κ2) is 6.13. The molecular formula is C14H17N3O3S2. The number of rotatable bonds is 4. The highest BCUT2D eigenvalue weighted by molar-refractivity contribution is 7.13. The van der Waals surface area contributed by atoms with Crippen LogP contribution in [0.25, 0.3) is 0 Å². The molecule has 2 heterocycles. The minimum atomic E-state index is -0.998. The summed E-state index contributed by atoms with van der Waals surface area (Å²) in [6.07, 6.45) is 0. The van der Waals surface area contributed by atoms with Crippen molar-refractivity contribution in [3.63, 3.8) is 0 Å². The van der Waals surface area contributed by atoms with Crippen molar-refractivity contribution in [1.29, 1.82) is 0 Å². The molecule has 0 saturated heterocycles. The van der Waals surface area contributed by atoms with Crippen molar-refractivity contribution >= 4 is 34.6 Å². The molecule has 2 aromatic rings. The Labute approximate surface area is 136 Å². The van der Waals surface area contributed by atoms with E-state index in [0.29, 0.717) is 16.4 Å². The zero-order valence-electron chi connectivity index (χ0n) is 12.8. The average molecular weight is 339 g/mol. The van der Waals surface area contributed by atoms with E-state index in [9.17, 15) is 9.59 Å². The highest BCUT2D eigenvalue weighted by Gasteiger charge is 2.20. The normalized spacial score (nSPS) is 11.5. The molecule has 0 aliphatic heterocycles. The van der Waals surface area contributed by atoms with Crippen LogP contribution in [0.3, 0.4) is 0 Å². The van der Waals surface area contributed by atoms with Crippen molar-refractivity contribution in [1.82, 2.24) is 15.3 Å². The lowest BCUT2D eigenvalue weighted by Crippen LogP contribution is -2.23. The van der Waals surface area contributed by atoms with E-state index in [2.05, 4.69) is 15.3 Å². The summed E-state index contributed by atoms with van der Waals surface area (Å²) in [7, 11) is 0. The third kappa shape index (κ3) is 3.69. The number of nitrogens with zero attached hydrogens (tertiary/aromatic N) is 2. The van der Waals surface area contributed by atoms with Gasteiger partial charge in [-0.15, -0.1) is 22.7 Å². The second-order valence-electron chi connectivity index (χ2n) is 5.80. The molecule has 0 aliphatic carbocycles. The van der Waals surface area contributed by atoms with Crippen LogP contribution in [0.15, 0.2) is 5.38 Å². The van der Waals surface area contributed by atoms with Crippen LogP contribution in [0, 0.1) is 6.92 Å². The van der Waals surface area contributed by atoms with Gasteiger partial charge in [0.05, 0.1) is 17.2 Å². The van der Waals surface area contributed by atoms with Gasteiger partial charge in [0.15, 0.2) is 0 Å². The third-order valence-electron chi connectivity index (χ3n) is 2.81. The predicted molar refractivity (Wildman–Crippen MR) is 85.8 cm³/mol. The quantitative estimate of drug-likeness (QED) is 0.893. The minimum absolute atomic E-state index is 0.0913. The Morgan fingerprint density at radius 1 is 1.32 bits per heavy atom. The number of aromatic carboxylic acids is 1. The van der Waals surface area contributed by atoms with Crippen molar-refractivity contribution in [2.45, 2.75) is 39.7 Å². The van der Waals surface area contributed by atoms with Gasteiger partial charge >= 0.3 is 5.97 Å². The van der Waals surface area contributed by atoms with Crippen molar-refractivity contribution in [3.05, 3.63) is 31.7 Å². The van der Waals surface area contributed by atoms with Crippen molar-refractivity contribution < 1.29 is 14.7 Å². The number of amides is 1. The van der Waals surface area contributed by atoms with Crippen LogP contribution in [-0.4, -0.2) is 27.0 Å². The summed E-state index contributed by atoms with van der Waals surface area (Å²) in [6.45, 7) is 7.96. The Kier molecular flexibility index (Phi) is 4.62. The molecule has 118 valence electrons. The second-order valence-corrected chi connectivity index (χ2v) is 7.74. The first-order chi connectivity index (χ1) is 10.2. The summed E-state index contributed by atoms with van der Waals surface area (Å²) in [4.78, 5) is 31.7. The molecule has 6 nitrogen and oxygen atoms in total. The number of hydrogen-bond acceptors (Lipinski definition) is 6. The fourth-order valence-corrected chi connectivity index (χ4v) is 3.43. The van der Waals surface area contributed by atoms with Gasteiger partial charge in [0.25, 0.3) is 5.91 Å². The first-order valence-corrected chi connectivity index (χ1v) is 8.32. The van der Waals surface area contributed by atoms with E-state index in [1.165, 1.54) is 11.3 Å². The lowest BCUT2D eigenvalue weighted by molar-refractivity contribution is 0.0701. The van der Waals surface area contributed by atoms with Crippen LogP contribution >= 0.6 is 22.7 Å². The highest BCUT2D eigenvalue weighted by Crippen LogP contribution is 2.25. The van der Waals surface area contributed by atoms with E-state index < -0.39 is 5.97 Å². The molecule has 2 N–H and O–H groups in total. The van der Waals surface area contributed by atoms with Crippen LogP contribution in [-0.2, 0) is 12.0 Å². The molecule has 0 unspecified atom stereocenters. The van der Waals surface area contributed by atoms with E-state index in [0.717, 1.165) is 16.3 Å². The molecule has 2 aromatic heterocycles. The first kappa shape index (κ1) is 16.6. The minimum Gasteiger partial charge on any atom is -0.477 e. The number of carbonyl (C=O) groups excluding carboxylic acids is 1. The molecular weight excluding hydrogens is 322 g/mol. The molecule has 0 atom stereocenters. The Morgan fingerprint density at radius 3 is 2.50 bits per heavy atom. The summed E-state index contributed by atoms with van der Waals surface area (Å²) in [5, 5.41) is 14.9. The maximum absolute atomic E-state index is 12.1. The summed E-state index contributed by atoms with van der Waals surface area (Å²) < 4.78 is 0. The molecule has 0 radical (unpaired) electrons. The summed E-state index contributed by atoms with van der Waals surface area (Å²) in [6, 6.07) is 0. The fraction of sp³-hybridized carbons (Fsp3) is 0.429. The molecule has 0 saturated carbocycles. The van der Waals surface area contributed by atoms with E-state index >= 15 is 0 Å². The van der Waals surface area contributed by atoms with Gasteiger partial charge in [-0.3, -0.25) is 4.79 Å². The Hall–Kier alpha value is -1.80. The zero-order valence-corrected chi connectivity index (χ0v) is 14.4. The number of carboxylic acid groups (broad SMARTS) is 1. The zero-order chi connectivity index (χ0) is 16.5. The largest absolute Gasteiger partial charge is 0.477 e. The number of carboxylic acids is 1. The monoisotopic (exact) mass is 339 g/mol. The van der Waals surface area contributed by atoms with Gasteiger partial charge in [-0.05, 0) is 6.92 Å². The molecule has 1 amide bonds. The molecule has 0 spiro atoms. The van der Waals surface area contributed by atoms with Crippen LogP contribution in [0.4, 0.5) is 0 Å². The highest BCUT2D eigenvalue weighted by atomic mass is 32.1. The van der Waals surface area contributed by atoms with E-state index in [-0.39, 0.29) is 22.7 Å². The predicted octanol–water partition coefficient (Wildman–Crippen LogP) is 2.83. The number of carbonyl (C=O) groups is 2. The molecule has 0 bridgehead atoms. The SMILES string of the molecule is Cc1nc(CNC(=O)c2csc(C(C)(C)C)n2)sc1C(=O)O. The standard InChI is InChI=1S/C14H17N3O3S2/c1-7-10(12(19)20)22-9(16-7)5-15-11(18)8-6-21-13(17-8)14(2,3)4/h6H,5H2,1-4H3,(H,15,18)(H,19,20). The molecule has 8 heteroatoms. The lowest BCUT2D eigenvalue weighted by atomic mass is 9.98. The molecule has 2 rings (SSSR count). The lowest BCUT2D eigenvalue weighted by Gasteiger charge is -2.13. The average Bonchev–Trinajstić information content (AvgIpc) is 3.01. The first-order valence-electron chi connectivity index (χ1n) is 6.62. The van der Waals surface area contributed by atoms with Gasteiger partial charge in [0, 0.05) is 10.8 Å². The van der Waals surface area contributed by atoms with E-state index in [1.54, 1.807) is 12.3 Å². The van der Waals surface area contributed by atoms with Crippen molar-refractivity contribution in [2.24, 2.45) is 0 Å². The number of nitrogens with one attached hydrogen (secondary N) is 1. The third-order valence-corrected chi connectivity index (χ3v) is 5.23. The van der Waals surface area contributed by atoms with Gasteiger partial charge in [-0.2, -0.15) is 0 Å². The Balaban J connectivity index is 2.02. The summed E-state index contributed by atoms with van der Waals surface area (Å²) >= 11 is 2.53. The number of aryl methyl sites for hydroxylation is 1. The Morgan fingerprint density at radius 2 is 2.00 bits per heavy atom. The van der Waals surface area contributed by atoms with Crippen LogP contribution < -0.4 is 5.32 Å². The molecule has 22 heavy (non-hydrogen) atoms. The van der Waals surface area contributed by atoms with Gasteiger partial charge in [-0.25, -0.2) is 14.8 Å². The maximum Gasteiger partial charge on any atom is 0.347 e. The summed E-state index contributed by atoms with van der Waals surface area (Å²) in [5.74, 6) is -1.28. The smallest absolute Gasteiger partial charge is 0.347 e. The molecule has 0 aromatic carbocycles. The molecule has 0 fully saturated rings. The van der Waals surface area contributed by atoms with E-state index in [4.69, 9.17) is 5.11 Å². The van der Waals surface area contributed by atoms with Gasteiger partial charge < -0.3 is 10.4 Å². The molecule has 0 aliphatic rings. The number of aromatic nitrogens is 2.